The Kier molecular flexibility index (Phi) is 4.19. The van der Waals surface area contributed by atoms with Gasteiger partial charge in [0.1, 0.15) is 6.61 Å². The van der Waals surface area contributed by atoms with E-state index in [2.05, 4.69) is 13.8 Å². The second-order valence-electron chi connectivity index (χ2n) is 11.6. The van der Waals surface area contributed by atoms with Crippen molar-refractivity contribution >= 4 is 5.97 Å². The average molecular weight is 405 g/mol. The molecule has 0 spiro atoms. The highest BCUT2D eigenvalue weighted by molar-refractivity contribution is 5.85. The van der Waals surface area contributed by atoms with Gasteiger partial charge in [0.05, 0.1) is 17.3 Å². The molecule has 3 N–H and O–H groups in total. The molecule has 0 aromatic carbocycles. The summed E-state index contributed by atoms with van der Waals surface area (Å²) in [6.45, 7) is 6.65. The first kappa shape index (κ1) is 20.0. The van der Waals surface area contributed by atoms with Crippen LogP contribution in [0.15, 0.2) is 11.6 Å². The van der Waals surface area contributed by atoms with Crippen LogP contribution in [0, 0.1) is 34.5 Å². The summed E-state index contributed by atoms with van der Waals surface area (Å²) in [4.78, 5) is 11.7. The first-order valence-electron chi connectivity index (χ1n) is 11.5. The van der Waals surface area contributed by atoms with E-state index >= 15 is 0 Å². The van der Waals surface area contributed by atoms with Crippen LogP contribution in [0.5, 0.6) is 0 Å². The minimum atomic E-state index is -0.916. The summed E-state index contributed by atoms with van der Waals surface area (Å²) in [7, 11) is 0. The summed E-state index contributed by atoms with van der Waals surface area (Å²) in [6.07, 6.45) is 7.74. The fourth-order valence-corrected chi connectivity index (χ4v) is 8.56. The predicted octanol–water partition coefficient (Wildman–Crippen LogP) is 2.97. The van der Waals surface area contributed by atoms with Crippen LogP contribution < -0.4 is 0 Å². The first-order valence-corrected chi connectivity index (χ1v) is 11.5. The van der Waals surface area contributed by atoms with E-state index in [1.807, 2.05) is 6.92 Å². The molecule has 1 heterocycles. The molecule has 1 unspecified atom stereocenters. The molecule has 4 saturated carbocycles. The number of rotatable bonds is 1. The number of esters is 1. The van der Waals surface area contributed by atoms with E-state index in [4.69, 9.17) is 4.74 Å². The lowest BCUT2D eigenvalue weighted by Gasteiger charge is -2.65. The topological polar surface area (TPSA) is 87.0 Å². The summed E-state index contributed by atoms with van der Waals surface area (Å²) in [5, 5.41) is 34.3. The Morgan fingerprint density at radius 1 is 1.03 bits per heavy atom. The largest absolute Gasteiger partial charge is 0.458 e. The van der Waals surface area contributed by atoms with Crippen LogP contribution >= 0.6 is 0 Å². The zero-order valence-electron chi connectivity index (χ0n) is 18.0. The van der Waals surface area contributed by atoms with Crippen LogP contribution in [0.2, 0.25) is 0 Å². The van der Waals surface area contributed by atoms with E-state index in [9.17, 15) is 20.1 Å². The lowest BCUT2D eigenvalue weighted by Crippen LogP contribution is -2.67. The maximum absolute atomic E-state index is 12.2. The Labute approximate surface area is 173 Å². The summed E-state index contributed by atoms with van der Waals surface area (Å²) < 4.78 is 5.17. The Hall–Kier alpha value is -0.910. The van der Waals surface area contributed by atoms with Gasteiger partial charge in [-0.15, -0.1) is 0 Å². The molecule has 0 amide bonds. The van der Waals surface area contributed by atoms with Gasteiger partial charge in [-0.25, -0.2) is 4.79 Å². The fourth-order valence-electron chi connectivity index (χ4n) is 8.56. The van der Waals surface area contributed by atoms with Crippen molar-refractivity contribution in [2.75, 3.05) is 6.61 Å². The third-order valence-corrected chi connectivity index (χ3v) is 10.4. The summed E-state index contributed by atoms with van der Waals surface area (Å²) in [5.41, 5.74) is -1.14. The molecule has 0 aromatic heterocycles. The van der Waals surface area contributed by atoms with Gasteiger partial charge in [-0.3, -0.25) is 0 Å². The van der Waals surface area contributed by atoms with Gasteiger partial charge < -0.3 is 20.1 Å². The molecule has 0 aromatic rings. The highest BCUT2D eigenvalue weighted by Gasteiger charge is 2.71. The monoisotopic (exact) mass is 404 g/mol. The van der Waals surface area contributed by atoms with E-state index in [1.54, 1.807) is 6.08 Å². The Bertz CT molecular complexity index is 758. The molecule has 5 rings (SSSR count). The average Bonchev–Trinajstić information content (AvgIpc) is 3.19. The molecule has 5 heteroatoms. The van der Waals surface area contributed by atoms with Crippen LogP contribution in [0.1, 0.15) is 72.1 Å². The van der Waals surface area contributed by atoms with E-state index < -0.39 is 22.7 Å². The number of hydrogen-bond donors (Lipinski definition) is 3. The molecule has 29 heavy (non-hydrogen) atoms. The molecule has 0 saturated heterocycles. The SMILES string of the molecule is C[C@]1(O)CC[C@@]2(C)[C@H](CC[C@@H]3[C@@H]2CC(O)[C@]2(C)[C@@H](C4=CC(=O)OC4)CC[C@]32O)C1. The standard InChI is InChI=1S/C24H36O5/c1-21(27)8-9-22(2)15(12-21)4-5-17-18(22)11-19(25)23(3)16(6-7-24(17,23)28)14-10-20(26)29-13-14/h10,15-19,25,27-28H,4-9,11-13H2,1-3H3/t15-,16-,17-,18+,19?,21+,22+,23+,24+/m1/s1. The number of ether oxygens (including phenoxy) is 1. The quantitative estimate of drug-likeness (QED) is 0.585. The van der Waals surface area contributed by atoms with Crippen molar-refractivity contribution in [1.29, 1.82) is 0 Å². The van der Waals surface area contributed by atoms with Gasteiger partial charge in [0.15, 0.2) is 0 Å². The number of hydrogen-bond acceptors (Lipinski definition) is 5. The van der Waals surface area contributed by atoms with Crippen molar-refractivity contribution in [1.82, 2.24) is 0 Å². The molecule has 0 radical (unpaired) electrons. The number of aliphatic hydroxyl groups is 3. The van der Waals surface area contributed by atoms with E-state index in [0.717, 1.165) is 44.1 Å². The van der Waals surface area contributed by atoms with Gasteiger partial charge >= 0.3 is 5.97 Å². The zero-order valence-corrected chi connectivity index (χ0v) is 18.0. The van der Waals surface area contributed by atoms with Crippen LogP contribution in [-0.2, 0) is 9.53 Å². The molecular weight excluding hydrogens is 368 g/mol. The molecular formula is C24H36O5. The molecule has 1 aliphatic heterocycles. The molecule has 5 aliphatic rings. The van der Waals surface area contributed by atoms with Crippen molar-refractivity contribution < 1.29 is 24.9 Å². The van der Waals surface area contributed by atoms with Gasteiger partial charge in [-0.1, -0.05) is 13.8 Å². The van der Waals surface area contributed by atoms with E-state index in [-0.39, 0.29) is 29.1 Å². The highest BCUT2D eigenvalue weighted by atomic mass is 16.5. The number of fused-ring (bicyclic) bond motifs is 5. The second-order valence-corrected chi connectivity index (χ2v) is 11.6. The summed E-state index contributed by atoms with van der Waals surface area (Å²) in [5.74, 6) is 0.592. The van der Waals surface area contributed by atoms with Crippen molar-refractivity contribution in [3.8, 4) is 0 Å². The van der Waals surface area contributed by atoms with Crippen molar-refractivity contribution in [2.45, 2.75) is 89.4 Å². The Balaban J connectivity index is 1.50. The van der Waals surface area contributed by atoms with Crippen LogP contribution in [0.25, 0.3) is 0 Å². The predicted molar refractivity (Wildman–Crippen MR) is 108 cm³/mol. The number of aliphatic hydroxyl groups excluding tert-OH is 1. The van der Waals surface area contributed by atoms with Gasteiger partial charge in [-0.2, -0.15) is 0 Å². The minimum Gasteiger partial charge on any atom is -0.458 e. The van der Waals surface area contributed by atoms with Crippen molar-refractivity contribution in [3.63, 3.8) is 0 Å². The summed E-state index contributed by atoms with van der Waals surface area (Å²) in [6, 6.07) is 0. The molecule has 4 fully saturated rings. The molecule has 162 valence electrons. The number of cyclic esters (lactones) is 1. The van der Waals surface area contributed by atoms with Crippen LogP contribution in [0.4, 0.5) is 0 Å². The second kappa shape index (κ2) is 6.08. The van der Waals surface area contributed by atoms with E-state index in [0.29, 0.717) is 25.4 Å². The normalized spacial score (nSPS) is 56.8. The third kappa shape index (κ3) is 2.53. The third-order valence-electron chi connectivity index (χ3n) is 10.4. The lowest BCUT2D eigenvalue weighted by molar-refractivity contribution is -0.248. The molecule has 0 bridgehead atoms. The van der Waals surface area contributed by atoms with E-state index in [1.165, 1.54) is 0 Å². The fraction of sp³-hybridized carbons (Fsp3) is 0.875. The van der Waals surface area contributed by atoms with Gasteiger partial charge in [0.2, 0.25) is 0 Å². The molecule has 5 nitrogen and oxygen atoms in total. The van der Waals surface area contributed by atoms with Gasteiger partial charge in [0.25, 0.3) is 0 Å². The number of carbonyl (C=O) groups is 1. The van der Waals surface area contributed by atoms with Gasteiger partial charge in [-0.05, 0) is 93.0 Å². The highest BCUT2D eigenvalue weighted by Crippen LogP contribution is 2.70. The van der Waals surface area contributed by atoms with Crippen LogP contribution in [-0.4, -0.2) is 45.2 Å². The minimum absolute atomic E-state index is 0.00693. The molecule has 9 atom stereocenters. The first-order chi connectivity index (χ1) is 13.5. The zero-order chi connectivity index (χ0) is 20.8. The lowest BCUT2D eigenvalue weighted by atomic mass is 9.42. The maximum Gasteiger partial charge on any atom is 0.331 e. The van der Waals surface area contributed by atoms with Gasteiger partial charge in [0, 0.05) is 11.5 Å². The van der Waals surface area contributed by atoms with Crippen LogP contribution in [0.3, 0.4) is 0 Å². The Morgan fingerprint density at radius 2 is 1.79 bits per heavy atom. The van der Waals surface area contributed by atoms with Crippen molar-refractivity contribution in [2.24, 2.45) is 34.5 Å². The Morgan fingerprint density at radius 3 is 2.48 bits per heavy atom. The number of carbonyl (C=O) groups excluding carboxylic acids is 1. The molecule has 4 aliphatic carbocycles. The summed E-state index contributed by atoms with van der Waals surface area (Å²) >= 11 is 0. The maximum atomic E-state index is 12.2. The van der Waals surface area contributed by atoms with Crippen molar-refractivity contribution in [3.05, 3.63) is 11.6 Å². The smallest absolute Gasteiger partial charge is 0.331 e.